The summed E-state index contributed by atoms with van der Waals surface area (Å²) in [6.45, 7) is 3.66. The number of carbonyl (C=O) groups is 2. The fourth-order valence-corrected chi connectivity index (χ4v) is 2.32. The first-order valence-electron chi connectivity index (χ1n) is 7.89. The van der Waals surface area contributed by atoms with Gasteiger partial charge in [-0.15, -0.1) is 0 Å². The molecule has 0 N–H and O–H groups in total. The van der Waals surface area contributed by atoms with Crippen molar-refractivity contribution in [3.05, 3.63) is 70.8 Å². The molecule has 0 aromatic heterocycles. The molecule has 1 atom stereocenters. The van der Waals surface area contributed by atoms with Gasteiger partial charge in [0, 0.05) is 5.56 Å². The van der Waals surface area contributed by atoms with E-state index in [9.17, 15) is 9.59 Å². The Morgan fingerprint density at radius 1 is 1.04 bits per heavy atom. The second kappa shape index (κ2) is 8.07. The van der Waals surface area contributed by atoms with E-state index in [1.807, 2.05) is 18.2 Å². The van der Waals surface area contributed by atoms with Gasteiger partial charge in [-0.05, 0) is 43.2 Å². The van der Waals surface area contributed by atoms with Crippen molar-refractivity contribution >= 4 is 11.8 Å². The topological polar surface area (TPSA) is 67.2 Å². The van der Waals surface area contributed by atoms with Crippen LogP contribution >= 0.6 is 0 Å². The summed E-state index contributed by atoms with van der Waals surface area (Å²) in [7, 11) is 0. The molecule has 0 aliphatic rings. The second-order valence-electron chi connectivity index (χ2n) is 5.55. The lowest BCUT2D eigenvalue weighted by atomic mass is 10.0. The van der Waals surface area contributed by atoms with Crippen LogP contribution in [0.15, 0.2) is 48.5 Å². The Morgan fingerprint density at radius 3 is 2.17 bits per heavy atom. The largest absolute Gasteiger partial charge is 0.451 e. The Morgan fingerprint density at radius 2 is 1.62 bits per heavy atom. The van der Waals surface area contributed by atoms with Gasteiger partial charge < -0.3 is 4.74 Å². The quantitative estimate of drug-likeness (QED) is 0.597. The maximum atomic E-state index is 12.4. The minimum Gasteiger partial charge on any atom is -0.451 e. The highest BCUT2D eigenvalue weighted by molar-refractivity contribution is 6.01. The van der Waals surface area contributed by atoms with Gasteiger partial charge in [0.25, 0.3) is 0 Å². The Labute approximate surface area is 141 Å². The third-order valence-corrected chi connectivity index (χ3v) is 3.68. The number of aryl methyl sites for hydroxylation is 1. The SMILES string of the molecule is CCCc1ccc(C(=O)C(C)OC(=O)c2ccc(C#N)cc2)cc1. The van der Waals surface area contributed by atoms with E-state index < -0.39 is 12.1 Å². The number of rotatable bonds is 6. The lowest BCUT2D eigenvalue weighted by Crippen LogP contribution is -2.24. The molecular formula is C20H19NO3. The number of benzene rings is 2. The normalized spacial score (nSPS) is 11.4. The van der Waals surface area contributed by atoms with Crippen molar-refractivity contribution in [3.8, 4) is 6.07 Å². The van der Waals surface area contributed by atoms with E-state index in [0.717, 1.165) is 12.8 Å². The van der Waals surface area contributed by atoms with E-state index in [4.69, 9.17) is 10.00 Å². The van der Waals surface area contributed by atoms with Crippen molar-refractivity contribution in [2.45, 2.75) is 32.8 Å². The molecule has 122 valence electrons. The van der Waals surface area contributed by atoms with Crippen LogP contribution < -0.4 is 0 Å². The Hall–Kier alpha value is -2.93. The predicted octanol–water partition coefficient (Wildman–Crippen LogP) is 3.94. The van der Waals surface area contributed by atoms with Crippen molar-refractivity contribution in [1.82, 2.24) is 0 Å². The number of ether oxygens (including phenoxy) is 1. The van der Waals surface area contributed by atoms with Crippen LogP contribution in [-0.2, 0) is 11.2 Å². The number of esters is 1. The number of nitriles is 1. The van der Waals surface area contributed by atoms with Crippen LogP contribution in [0.1, 0.15) is 52.1 Å². The van der Waals surface area contributed by atoms with E-state index in [2.05, 4.69) is 6.92 Å². The van der Waals surface area contributed by atoms with Crippen LogP contribution in [0.2, 0.25) is 0 Å². The highest BCUT2D eigenvalue weighted by Crippen LogP contribution is 2.12. The summed E-state index contributed by atoms with van der Waals surface area (Å²) in [4.78, 5) is 24.4. The maximum absolute atomic E-state index is 12.4. The molecule has 0 saturated heterocycles. The molecule has 2 aromatic rings. The Bertz CT molecular complexity index is 755. The zero-order valence-electron chi connectivity index (χ0n) is 13.8. The summed E-state index contributed by atoms with van der Waals surface area (Å²) in [5.74, 6) is -0.817. The van der Waals surface area contributed by atoms with Crippen LogP contribution in [0.25, 0.3) is 0 Å². The van der Waals surface area contributed by atoms with Crippen molar-refractivity contribution < 1.29 is 14.3 Å². The predicted molar refractivity (Wildman–Crippen MR) is 90.8 cm³/mol. The Balaban J connectivity index is 2.02. The molecule has 0 bridgehead atoms. The minimum absolute atomic E-state index is 0.236. The molecule has 0 spiro atoms. The number of hydrogen-bond donors (Lipinski definition) is 0. The van der Waals surface area contributed by atoms with Gasteiger partial charge in [-0.3, -0.25) is 4.79 Å². The molecule has 0 aliphatic heterocycles. The maximum Gasteiger partial charge on any atom is 0.338 e. The molecule has 0 aliphatic carbocycles. The Kier molecular flexibility index (Phi) is 5.86. The first-order valence-corrected chi connectivity index (χ1v) is 7.89. The standard InChI is InChI=1S/C20H19NO3/c1-3-4-15-5-9-17(10-6-15)19(22)14(2)24-20(23)18-11-7-16(13-21)8-12-18/h5-12,14H,3-4H2,1-2H3. The number of hydrogen-bond acceptors (Lipinski definition) is 4. The van der Waals surface area contributed by atoms with Crippen molar-refractivity contribution in [3.63, 3.8) is 0 Å². The smallest absolute Gasteiger partial charge is 0.338 e. The molecule has 1 unspecified atom stereocenters. The molecule has 24 heavy (non-hydrogen) atoms. The molecule has 4 nitrogen and oxygen atoms in total. The molecule has 0 amide bonds. The summed E-state index contributed by atoms with van der Waals surface area (Å²) in [5, 5.41) is 8.75. The van der Waals surface area contributed by atoms with Crippen LogP contribution in [0.5, 0.6) is 0 Å². The summed E-state index contributed by atoms with van der Waals surface area (Å²) < 4.78 is 5.23. The second-order valence-corrected chi connectivity index (χ2v) is 5.55. The monoisotopic (exact) mass is 321 g/mol. The molecule has 2 rings (SSSR count). The number of ketones is 1. The van der Waals surface area contributed by atoms with Gasteiger partial charge in [-0.2, -0.15) is 5.26 Å². The van der Waals surface area contributed by atoms with Gasteiger partial charge in [-0.1, -0.05) is 37.6 Å². The number of Topliss-reactive ketones (excluding diaryl/α,β-unsaturated/α-hetero) is 1. The van der Waals surface area contributed by atoms with Gasteiger partial charge in [-0.25, -0.2) is 4.79 Å². The molecule has 0 fully saturated rings. The van der Waals surface area contributed by atoms with E-state index in [1.54, 1.807) is 19.1 Å². The summed E-state index contributed by atoms with van der Waals surface area (Å²) in [6.07, 6.45) is 1.15. The zero-order chi connectivity index (χ0) is 17.5. The summed E-state index contributed by atoms with van der Waals surface area (Å²) in [5.41, 5.74) is 2.47. The van der Waals surface area contributed by atoms with Crippen molar-refractivity contribution in [2.24, 2.45) is 0 Å². The van der Waals surface area contributed by atoms with Gasteiger partial charge in [0.15, 0.2) is 6.10 Å². The molecule has 0 saturated carbocycles. The summed E-state index contributed by atoms with van der Waals surface area (Å²) >= 11 is 0. The van der Waals surface area contributed by atoms with Gasteiger partial charge in [0.2, 0.25) is 5.78 Å². The molecule has 2 aromatic carbocycles. The van der Waals surface area contributed by atoms with Crippen LogP contribution in [0.3, 0.4) is 0 Å². The minimum atomic E-state index is -0.870. The molecular weight excluding hydrogens is 302 g/mol. The average Bonchev–Trinajstić information content (AvgIpc) is 2.62. The van der Waals surface area contributed by atoms with Crippen LogP contribution in [0, 0.1) is 11.3 Å². The van der Waals surface area contributed by atoms with Crippen molar-refractivity contribution in [1.29, 1.82) is 5.26 Å². The molecule has 0 heterocycles. The van der Waals surface area contributed by atoms with E-state index >= 15 is 0 Å². The summed E-state index contributed by atoms with van der Waals surface area (Å²) in [6, 6.07) is 15.4. The third kappa shape index (κ3) is 4.30. The van der Waals surface area contributed by atoms with Gasteiger partial charge in [0.05, 0.1) is 17.2 Å². The highest BCUT2D eigenvalue weighted by Gasteiger charge is 2.20. The highest BCUT2D eigenvalue weighted by atomic mass is 16.5. The third-order valence-electron chi connectivity index (χ3n) is 3.68. The lowest BCUT2D eigenvalue weighted by molar-refractivity contribution is 0.0319. The van der Waals surface area contributed by atoms with Gasteiger partial charge >= 0.3 is 5.97 Å². The number of carbonyl (C=O) groups excluding carboxylic acids is 2. The average molecular weight is 321 g/mol. The first-order chi connectivity index (χ1) is 11.5. The van der Waals surface area contributed by atoms with E-state index in [-0.39, 0.29) is 5.78 Å². The van der Waals surface area contributed by atoms with Crippen molar-refractivity contribution in [2.75, 3.05) is 0 Å². The van der Waals surface area contributed by atoms with E-state index in [1.165, 1.54) is 29.8 Å². The molecule has 0 radical (unpaired) electrons. The number of nitrogens with zero attached hydrogens (tertiary/aromatic N) is 1. The van der Waals surface area contributed by atoms with E-state index in [0.29, 0.717) is 16.7 Å². The lowest BCUT2D eigenvalue weighted by Gasteiger charge is -2.12. The fourth-order valence-electron chi connectivity index (χ4n) is 2.32. The molecule has 4 heteroatoms. The fraction of sp³-hybridized carbons (Fsp3) is 0.250. The van der Waals surface area contributed by atoms with Crippen LogP contribution in [-0.4, -0.2) is 17.9 Å². The van der Waals surface area contributed by atoms with Gasteiger partial charge in [0.1, 0.15) is 0 Å². The van der Waals surface area contributed by atoms with Crippen LogP contribution in [0.4, 0.5) is 0 Å². The first kappa shape index (κ1) is 17.4. The zero-order valence-corrected chi connectivity index (χ0v) is 13.8.